The highest BCUT2D eigenvalue weighted by molar-refractivity contribution is 9.09. The topological polar surface area (TPSA) is 3.24 Å². The third kappa shape index (κ3) is 5.57. The molecule has 1 rings (SSSR count). The zero-order valence-electron chi connectivity index (χ0n) is 13.6. The van der Waals surface area contributed by atoms with Crippen LogP contribution >= 0.6 is 15.9 Å². The van der Waals surface area contributed by atoms with E-state index in [0.29, 0.717) is 5.41 Å². The van der Waals surface area contributed by atoms with Crippen LogP contribution in [-0.4, -0.2) is 23.8 Å². The fourth-order valence-electron chi connectivity index (χ4n) is 3.15. The first-order chi connectivity index (χ1) is 9.55. The molecule has 0 atom stereocenters. The Bertz CT molecular complexity index is 366. The molecule has 0 N–H and O–H groups in total. The van der Waals surface area contributed by atoms with Gasteiger partial charge in [-0.2, -0.15) is 0 Å². The smallest absolute Gasteiger partial charge is 0.0230 e. The minimum Gasteiger partial charge on any atom is -0.302 e. The lowest BCUT2D eigenvalue weighted by Crippen LogP contribution is -2.36. The first-order valence-electron chi connectivity index (χ1n) is 7.85. The van der Waals surface area contributed by atoms with Crippen molar-refractivity contribution >= 4 is 15.9 Å². The van der Waals surface area contributed by atoms with Gasteiger partial charge in [-0.15, -0.1) is 0 Å². The normalized spacial score (nSPS) is 12.1. The van der Waals surface area contributed by atoms with E-state index >= 15 is 0 Å². The van der Waals surface area contributed by atoms with Gasteiger partial charge in [-0.1, -0.05) is 72.4 Å². The number of hydrogen-bond donors (Lipinski definition) is 0. The van der Waals surface area contributed by atoms with Crippen LogP contribution in [0.4, 0.5) is 0 Å². The van der Waals surface area contributed by atoms with Gasteiger partial charge in [0.25, 0.3) is 0 Å². The van der Waals surface area contributed by atoms with Crippen LogP contribution in [0.25, 0.3) is 0 Å². The number of nitrogens with zero attached hydrogens (tertiary/aromatic N) is 1. The van der Waals surface area contributed by atoms with Crippen LogP contribution in [0.2, 0.25) is 0 Å². The molecule has 0 amide bonds. The molecule has 20 heavy (non-hydrogen) atoms. The maximum atomic E-state index is 3.77. The molecule has 0 spiro atoms. The molecule has 114 valence electrons. The van der Waals surface area contributed by atoms with Gasteiger partial charge in [-0.05, 0) is 37.8 Å². The maximum Gasteiger partial charge on any atom is 0.0230 e. The molecule has 0 aliphatic heterocycles. The molecule has 0 fully saturated rings. The van der Waals surface area contributed by atoms with Crippen molar-refractivity contribution in [1.29, 1.82) is 0 Å². The molecule has 1 aromatic carbocycles. The second-order valence-electron chi connectivity index (χ2n) is 6.29. The number of rotatable bonds is 9. The molecule has 0 saturated carbocycles. The second kappa shape index (κ2) is 8.84. The Hall–Kier alpha value is -0.340. The fourth-order valence-corrected chi connectivity index (χ4v) is 3.89. The molecule has 0 aliphatic rings. The molecule has 0 bridgehead atoms. The number of hydrogen-bond acceptors (Lipinski definition) is 1. The molecule has 1 aromatic rings. The number of benzene rings is 1. The predicted octanol–water partition coefficient (Wildman–Crippen LogP) is 5.41. The van der Waals surface area contributed by atoms with Crippen molar-refractivity contribution in [2.75, 3.05) is 18.9 Å². The van der Waals surface area contributed by atoms with E-state index in [1.54, 1.807) is 0 Å². The van der Waals surface area contributed by atoms with E-state index < -0.39 is 0 Å². The standard InChI is InChI=1S/C18H30BrN/c1-5-11-18(14-19,12-6-2)15-20(4)13-17-9-7-16(3)8-10-17/h7-10H,5-6,11-15H2,1-4H3. The summed E-state index contributed by atoms with van der Waals surface area (Å²) in [6.07, 6.45) is 5.16. The minimum atomic E-state index is 0.433. The summed E-state index contributed by atoms with van der Waals surface area (Å²) in [5.41, 5.74) is 3.18. The Labute approximate surface area is 133 Å². The highest BCUT2D eigenvalue weighted by Gasteiger charge is 2.28. The molecule has 1 nitrogen and oxygen atoms in total. The Morgan fingerprint density at radius 3 is 2.05 bits per heavy atom. The number of halogens is 1. The first kappa shape index (κ1) is 17.7. The van der Waals surface area contributed by atoms with E-state index in [9.17, 15) is 0 Å². The van der Waals surface area contributed by atoms with E-state index in [2.05, 4.69) is 72.9 Å². The molecular formula is C18H30BrN. The summed E-state index contributed by atoms with van der Waals surface area (Å²) in [6.45, 7) is 8.96. The van der Waals surface area contributed by atoms with Crippen LogP contribution in [0.1, 0.15) is 50.7 Å². The maximum absolute atomic E-state index is 3.77. The van der Waals surface area contributed by atoms with Gasteiger partial charge in [-0.25, -0.2) is 0 Å². The summed E-state index contributed by atoms with van der Waals surface area (Å²) in [7, 11) is 2.25. The Morgan fingerprint density at radius 2 is 1.60 bits per heavy atom. The van der Waals surface area contributed by atoms with Crippen LogP contribution in [0.15, 0.2) is 24.3 Å². The van der Waals surface area contributed by atoms with Crippen LogP contribution in [-0.2, 0) is 6.54 Å². The van der Waals surface area contributed by atoms with Crippen molar-refractivity contribution in [3.63, 3.8) is 0 Å². The average Bonchev–Trinajstić information content (AvgIpc) is 2.42. The monoisotopic (exact) mass is 339 g/mol. The zero-order valence-corrected chi connectivity index (χ0v) is 15.2. The first-order valence-corrected chi connectivity index (χ1v) is 8.97. The zero-order chi connectivity index (χ0) is 15.0. The molecule has 0 unspecified atom stereocenters. The summed E-state index contributed by atoms with van der Waals surface area (Å²) in [5.74, 6) is 0. The summed E-state index contributed by atoms with van der Waals surface area (Å²) < 4.78 is 0. The van der Waals surface area contributed by atoms with E-state index in [-0.39, 0.29) is 0 Å². The van der Waals surface area contributed by atoms with Gasteiger partial charge in [-0.3, -0.25) is 0 Å². The van der Waals surface area contributed by atoms with E-state index in [0.717, 1.165) is 11.9 Å². The average molecular weight is 340 g/mol. The molecule has 0 radical (unpaired) electrons. The van der Waals surface area contributed by atoms with Gasteiger partial charge in [0.15, 0.2) is 0 Å². The van der Waals surface area contributed by atoms with Crippen LogP contribution in [0.3, 0.4) is 0 Å². The molecule has 0 aromatic heterocycles. The number of aryl methyl sites for hydroxylation is 1. The highest BCUT2D eigenvalue weighted by atomic mass is 79.9. The second-order valence-corrected chi connectivity index (χ2v) is 6.85. The van der Waals surface area contributed by atoms with E-state index in [1.165, 1.54) is 43.4 Å². The van der Waals surface area contributed by atoms with Gasteiger partial charge in [0.2, 0.25) is 0 Å². The minimum absolute atomic E-state index is 0.433. The van der Waals surface area contributed by atoms with Gasteiger partial charge in [0.1, 0.15) is 0 Å². The van der Waals surface area contributed by atoms with Crippen molar-refractivity contribution in [2.45, 2.75) is 53.0 Å². The van der Waals surface area contributed by atoms with E-state index in [1.807, 2.05) is 0 Å². The van der Waals surface area contributed by atoms with E-state index in [4.69, 9.17) is 0 Å². The van der Waals surface area contributed by atoms with Crippen LogP contribution < -0.4 is 0 Å². The summed E-state index contributed by atoms with van der Waals surface area (Å²) >= 11 is 3.77. The SMILES string of the molecule is CCCC(CBr)(CCC)CN(C)Cc1ccc(C)cc1. The van der Waals surface area contributed by atoms with Gasteiger partial charge in [0, 0.05) is 18.4 Å². The molecule has 0 saturated heterocycles. The molecular weight excluding hydrogens is 310 g/mol. The van der Waals surface area contributed by atoms with Crippen LogP contribution in [0.5, 0.6) is 0 Å². The van der Waals surface area contributed by atoms with Crippen molar-refractivity contribution in [3.05, 3.63) is 35.4 Å². The Morgan fingerprint density at radius 1 is 1.05 bits per heavy atom. The lowest BCUT2D eigenvalue weighted by Gasteiger charge is -2.36. The van der Waals surface area contributed by atoms with Crippen molar-refractivity contribution in [2.24, 2.45) is 5.41 Å². The largest absolute Gasteiger partial charge is 0.302 e. The molecule has 2 heteroatoms. The quantitative estimate of drug-likeness (QED) is 0.544. The summed E-state index contributed by atoms with van der Waals surface area (Å²) in [4.78, 5) is 2.48. The summed E-state index contributed by atoms with van der Waals surface area (Å²) in [5, 5.41) is 1.11. The van der Waals surface area contributed by atoms with Crippen LogP contribution in [0, 0.1) is 12.3 Å². The van der Waals surface area contributed by atoms with Crippen molar-refractivity contribution in [3.8, 4) is 0 Å². The van der Waals surface area contributed by atoms with Gasteiger partial charge in [0.05, 0.1) is 0 Å². The van der Waals surface area contributed by atoms with Gasteiger partial charge < -0.3 is 4.90 Å². The third-order valence-corrected chi connectivity index (χ3v) is 5.21. The van der Waals surface area contributed by atoms with Crippen molar-refractivity contribution in [1.82, 2.24) is 4.90 Å². The lowest BCUT2D eigenvalue weighted by molar-refractivity contribution is 0.166. The predicted molar refractivity (Wildman–Crippen MR) is 93.6 cm³/mol. The Balaban J connectivity index is 2.65. The fraction of sp³-hybridized carbons (Fsp3) is 0.667. The van der Waals surface area contributed by atoms with Gasteiger partial charge >= 0.3 is 0 Å². The number of alkyl halides is 1. The summed E-state index contributed by atoms with van der Waals surface area (Å²) in [6, 6.07) is 8.92. The molecule has 0 aliphatic carbocycles. The lowest BCUT2D eigenvalue weighted by atomic mass is 9.80. The van der Waals surface area contributed by atoms with Crippen molar-refractivity contribution < 1.29 is 0 Å². The Kier molecular flexibility index (Phi) is 7.83. The highest BCUT2D eigenvalue weighted by Crippen LogP contribution is 2.33. The third-order valence-electron chi connectivity index (χ3n) is 4.02. The molecule has 0 heterocycles.